The van der Waals surface area contributed by atoms with Crippen LogP contribution in [0.2, 0.25) is 0 Å². The topological polar surface area (TPSA) is 18.5 Å². The van der Waals surface area contributed by atoms with E-state index in [4.69, 9.17) is 0 Å². The van der Waals surface area contributed by atoms with E-state index in [1.807, 2.05) is 0 Å². The van der Waals surface area contributed by atoms with Crippen molar-refractivity contribution in [1.82, 2.24) is 15.1 Å². The molecular formula is C18H37N3. The van der Waals surface area contributed by atoms with Crippen LogP contribution < -0.4 is 5.32 Å². The van der Waals surface area contributed by atoms with E-state index in [-0.39, 0.29) is 0 Å². The van der Waals surface area contributed by atoms with Crippen molar-refractivity contribution in [2.45, 2.75) is 76.9 Å². The number of likely N-dealkylation sites (tertiary alicyclic amines) is 1. The molecule has 0 aromatic carbocycles. The van der Waals surface area contributed by atoms with Crippen LogP contribution in [0.3, 0.4) is 0 Å². The molecule has 1 aliphatic carbocycles. The van der Waals surface area contributed by atoms with Crippen molar-refractivity contribution in [3.8, 4) is 0 Å². The molecule has 2 rings (SSSR count). The highest BCUT2D eigenvalue weighted by atomic mass is 15.2. The van der Waals surface area contributed by atoms with Gasteiger partial charge in [0.15, 0.2) is 0 Å². The van der Waals surface area contributed by atoms with Crippen molar-refractivity contribution in [3.05, 3.63) is 0 Å². The van der Waals surface area contributed by atoms with E-state index >= 15 is 0 Å². The molecule has 4 unspecified atom stereocenters. The summed E-state index contributed by atoms with van der Waals surface area (Å²) in [5.41, 5.74) is 0. The zero-order chi connectivity index (χ0) is 15.2. The Morgan fingerprint density at radius 1 is 1.19 bits per heavy atom. The van der Waals surface area contributed by atoms with E-state index in [0.29, 0.717) is 6.04 Å². The zero-order valence-electron chi connectivity index (χ0n) is 14.8. The van der Waals surface area contributed by atoms with Crippen molar-refractivity contribution in [1.29, 1.82) is 0 Å². The predicted molar refractivity (Wildman–Crippen MR) is 91.8 cm³/mol. The number of rotatable bonds is 7. The Morgan fingerprint density at radius 2 is 2.00 bits per heavy atom. The van der Waals surface area contributed by atoms with Crippen LogP contribution >= 0.6 is 0 Å². The first-order valence-electron chi connectivity index (χ1n) is 9.29. The third kappa shape index (κ3) is 4.67. The van der Waals surface area contributed by atoms with Crippen LogP contribution in [0.5, 0.6) is 0 Å². The average molecular weight is 296 g/mol. The van der Waals surface area contributed by atoms with Crippen LogP contribution in [-0.2, 0) is 0 Å². The Kier molecular flexibility index (Phi) is 6.97. The summed E-state index contributed by atoms with van der Waals surface area (Å²) in [5.74, 6) is 0.943. The molecule has 0 aromatic rings. The summed E-state index contributed by atoms with van der Waals surface area (Å²) in [6, 6.07) is 2.23. The second-order valence-corrected chi connectivity index (χ2v) is 7.43. The molecule has 21 heavy (non-hydrogen) atoms. The lowest BCUT2D eigenvalue weighted by Crippen LogP contribution is -2.54. The van der Waals surface area contributed by atoms with E-state index in [0.717, 1.165) is 18.0 Å². The van der Waals surface area contributed by atoms with Crippen LogP contribution in [0.1, 0.15) is 58.8 Å². The molecular weight excluding hydrogens is 258 g/mol. The number of hydrogen-bond donors (Lipinski definition) is 1. The molecule has 1 heterocycles. The first-order valence-corrected chi connectivity index (χ1v) is 9.29. The second kappa shape index (κ2) is 8.50. The summed E-state index contributed by atoms with van der Waals surface area (Å²) in [7, 11) is 4.67. The first kappa shape index (κ1) is 17.2. The van der Waals surface area contributed by atoms with Gasteiger partial charge in [-0.25, -0.2) is 0 Å². The number of likely N-dealkylation sites (N-methyl/N-ethyl adjacent to an activating group) is 2. The Labute approximate surface area is 132 Å². The van der Waals surface area contributed by atoms with Gasteiger partial charge in [0.05, 0.1) is 0 Å². The lowest BCUT2D eigenvalue weighted by molar-refractivity contribution is 0.0964. The van der Waals surface area contributed by atoms with E-state index in [1.165, 1.54) is 64.6 Å². The maximum Gasteiger partial charge on any atom is 0.0249 e. The molecule has 1 saturated carbocycles. The van der Waals surface area contributed by atoms with Gasteiger partial charge in [-0.15, -0.1) is 0 Å². The molecule has 2 aliphatic rings. The SMILES string of the molecule is CCCNC1CCC(CC)CC1N(C)CC1CCCN1C. The van der Waals surface area contributed by atoms with Crippen LogP contribution in [0.25, 0.3) is 0 Å². The average Bonchev–Trinajstić information content (AvgIpc) is 2.90. The van der Waals surface area contributed by atoms with Crippen molar-refractivity contribution < 1.29 is 0 Å². The van der Waals surface area contributed by atoms with Gasteiger partial charge in [0.25, 0.3) is 0 Å². The normalized spacial score (nSPS) is 34.7. The van der Waals surface area contributed by atoms with E-state index in [2.05, 4.69) is 43.1 Å². The molecule has 0 bridgehead atoms. The fraction of sp³-hybridized carbons (Fsp3) is 1.00. The molecule has 0 aromatic heterocycles. The quantitative estimate of drug-likeness (QED) is 0.779. The van der Waals surface area contributed by atoms with Crippen molar-refractivity contribution >= 4 is 0 Å². The standard InChI is InChI=1S/C18H37N3/c1-5-11-19-17-10-9-15(6-2)13-18(17)21(4)14-16-8-7-12-20(16)3/h15-19H,5-14H2,1-4H3. The number of nitrogens with zero attached hydrogens (tertiary/aromatic N) is 2. The van der Waals surface area contributed by atoms with Crippen LogP contribution in [0, 0.1) is 5.92 Å². The van der Waals surface area contributed by atoms with Gasteiger partial charge in [-0.2, -0.15) is 0 Å². The molecule has 0 radical (unpaired) electrons. The van der Waals surface area contributed by atoms with E-state index in [9.17, 15) is 0 Å². The Balaban J connectivity index is 1.92. The minimum Gasteiger partial charge on any atom is -0.312 e. The van der Waals surface area contributed by atoms with Crippen LogP contribution in [0.4, 0.5) is 0 Å². The molecule has 3 nitrogen and oxygen atoms in total. The fourth-order valence-corrected chi connectivity index (χ4v) is 4.33. The smallest absolute Gasteiger partial charge is 0.0249 e. The monoisotopic (exact) mass is 295 g/mol. The van der Waals surface area contributed by atoms with Gasteiger partial charge >= 0.3 is 0 Å². The van der Waals surface area contributed by atoms with Gasteiger partial charge in [-0.1, -0.05) is 20.3 Å². The Bertz CT molecular complexity index is 294. The fourth-order valence-electron chi connectivity index (χ4n) is 4.33. The first-order chi connectivity index (χ1) is 10.2. The third-order valence-electron chi connectivity index (χ3n) is 5.90. The lowest BCUT2D eigenvalue weighted by atomic mass is 9.80. The van der Waals surface area contributed by atoms with Gasteiger partial charge in [0.2, 0.25) is 0 Å². The highest BCUT2D eigenvalue weighted by molar-refractivity contribution is 4.92. The number of hydrogen-bond acceptors (Lipinski definition) is 3. The van der Waals surface area contributed by atoms with Gasteiger partial charge in [0, 0.05) is 24.7 Å². The van der Waals surface area contributed by atoms with Crippen molar-refractivity contribution in [3.63, 3.8) is 0 Å². The highest BCUT2D eigenvalue weighted by Gasteiger charge is 2.33. The second-order valence-electron chi connectivity index (χ2n) is 7.43. The highest BCUT2D eigenvalue weighted by Crippen LogP contribution is 2.30. The maximum atomic E-state index is 3.83. The van der Waals surface area contributed by atoms with Crippen LogP contribution in [0.15, 0.2) is 0 Å². The Morgan fingerprint density at radius 3 is 2.62 bits per heavy atom. The van der Waals surface area contributed by atoms with Crippen LogP contribution in [-0.4, -0.2) is 61.7 Å². The van der Waals surface area contributed by atoms with Gasteiger partial charge in [-0.05, 0) is 71.6 Å². The Hall–Kier alpha value is -0.120. The summed E-state index contributed by atoms with van der Waals surface area (Å²) >= 11 is 0. The predicted octanol–water partition coefficient (Wildman–Crippen LogP) is 2.96. The van der Waals surface area contributed by atoms with E-state index in [1.54, 1.807) is 0 Å². The molecule has 1 N–H and O–H groups in total. The maximum absolute atomic E-state index is 3.83. The molecule has 4 atom stereocenters. The zero-order valence-corrected chi connectivity index (χ0v) is 14.8. The summed E-state index contributed by atoms with van der Waals surface area (Å²) in [4.78, 5) is 5.24. The van der Waals surface area contributed by atoms with Gasteiger partial charge in [-0.3, -0.25) is 0 Å². The lowest BCUT2D eigenvalue weighted by Gasteiger charge is -2.43. The third-order valence-corrected chi connectivity index (χ3v) is 5.90. The molecule has 3 heteroatoms. The molecule has 124 valence electrons. The molecule has 0 spiro atoms. The molecule has 1 saturated heterocycles. The molecule has 2 fully saturated rings. The van der Waals surface area contributed by atoms with Crippen molar-refractivity contribution in [2.75, 3.05) is 33.7 Å². The van der Waals surface area contributed by atoms with E-state index < -0.39 is 0 Å². The summed E-state index contributed by atoms with van der Waals surface area (Å²) in [6.07, 6.45) is 9.56. The minimum atomic E-state index is 0.712. The van der Waals surface area contributed by atoms with Gasteiger partial charge < -0.3 is 15.1 Å². The number of nitrogens with one attached hydrogen (secondary N) is 1. The summed E-state index contributed by atoms with van der Waals surface area (Å²) < 4.78 is 0. The minimum absolute atomic E-state index is 0.712. The van der Waals surface area contributed by atoms with Crippen molar-refractivity contribution in [2.24, 2.45) is 5.92 Å². The molecule has 1 aliphatic heterocycles. The largest absolute Gasteiger partial charge is 0.312 e. The molecule has 0 amide bonds. The summed E-state index contributed by atoms with van der Waals surface area (Å²) in [5, 5.41) is 3.83. The summed E-state index contributed by atoms with van der Waals surface area (Å²) in [6.45, 7) is 8.36. The van der Waals surface area contributed by atoms with Gasteiger partial charge in [0.1, 0.15) is 0 Å².